The van der Waals surface area contributed by atoms with Crippen LogP contribution in [-0.4, -0.2) is 129 Å². The van der Waals surface area contributed by atoms with Crippen molar-refractivity contribution in [3.63, 3.8) is 0 Å². The minimum atomic E-state index is -4.70. The van der Waals surface area contributed by atoms with E-state index in [1.807, 2.05) is 30.3 Å². The highest BCUT2D eigenvalue weighted by Gasteiger charge is 2.40. The fraction of sp³-hybridized carbons (Fsp3) is 0.500. The number of nitrogens with zero attached hydrogens (tertiary/aromatic N) is 8. The number of carbonyl (C=O) groups excluding carboxylic acids is 2. The number of methoxy groups -OCH3 is 2. The Balaban J connectivity index is 0.000000236. The van der Waals surface area contributed by atoms with Gasteiger partial charge in [0.1, 0.15) is 24.6 Å². The van der Waals surface area contributed by atoms with Crippen LogP contribution in [0.4, 0.5) is 37.7 Å². The van der Waals surface area contributed by atoms with Crippen molar-refractivity contribution in [3.8, 4) is 11.5 Å². The van der Waals surface area contributed by atoms with Gasteiger partial charge in [0.05, 0.1) is 52.3 Å². The number of halogens is 11. The summed E-state index contributed by atoms with van der Waals surface area (Å²) in [6.07, 6.45) is -9.36. The lowest BCUT2D eigenvalue weighted by Crippen LogP contribution is -2.49. The molecule has 0 unspecified atom stereocenters. The van der Waals surface area contributed by atoms with E-state index in [9.17, 15) is 35.9 Å². The number of amides is 1. The number of hydrogen-bond acceptors (Lipinski definition) is 11. The monoisotopic (exact) mass is 1070 g/mol. The van der Waals surface area contributed by atoms with Gasteiger partial charge in [0.25, 0.3) is 0 Å². The zero-order chi connectivity index (χ0) is 48.2. The first kappa shape index (κ1) is 53.8. The van der Waals surface area contributed by atoms with Gasteiger partial charge in [-0.2, -0.15) is 36.5 Å². The molecule has 0 saturated carbocycles. The maximum atomic E-state index is 13.3. The number of piperazine rings is 2. The number of alkyl halides is 7. The summed E-state index contributed by atoms with van der Waals surface area (Å²) in [6, 6.07) is 11.4. The smallest absolute Gasteiger partial charge is 0.436 e. The third kappa shape index (κ3) is 14.8. The van der Waals surface area contributed by atoms with Crippen molar-refractivity contribution >= 4 is 85.6 Å². The molecule has 0 atom stereocenters. The van der Waals surface area contributed by atoms with E-state index >= 15 is 0 Å². The number of ether oxygens (including phenoxy) is 3. The Kier molecular flexibility index (Phi) is 20.1. The molecule has 2 aromatic heterocycles. The Morgan fingerprint density at radius 1 is 0.738 bits per heavy atom. The van der Waals surface area contributed by atoms with Crippen LogP contribution in [0.3, 0.4) is 0 Å². The molecule has 1 N–H and O–H groups in total. The first-order valence-corrected chi connectivity index (χ1v) is 22.4. The molecular formula is C40H48BrCl4F6N9O5. The quantitative estimate of drug-likeness (QED) is 0.0837. The SMILES string of the molecule is CCOC(=O)Cn1nc(C(F)(F)F)c(Cl)c1CBr.COc1cc(N2CCN(C(=O)Cn3nc(C(F)(F)F)c(Cl)c3CN(C)C)CC2)ccc1Cl.COc1cc(N2CCNCC2)ccc1Cl. The molecule has 14 nitrogen and oxygen atoms in total. The van der Waals surface area contributed by atoms with Crippen molar-refractivity contribution in [2.45, 2.75) is 44.2 Å². The van der Waals surface area contributed by atoms with Crippen molar-refractivity contribution in [2.24, 2.45) is 0 Å². The fourth-order valence-corrected chi connectivity index (χ4v) is 8.27. The number of hydrogen-bond donors (Lipinski definition) is 1. The van der Waals surface area contributed by atoms with Gasteiger partial charge in [-0.25, -0.2) is 0 Å². The molecule has 1 amide bonds. The molecule has 2 saturated heterocycles. The first-order chi connectivity index (χ1) is 30.6. The number of anilines is 2. The minimum Gasteiger partial charge on any atom is -0.495 e. The molecule has 4 aromatic rings. The Bertz CT molecular complexity index is 2220. The predicted octanol–water partition coefficient (Wildman–Crippen LogP) is 8.40. The van der Waals surface area contributed by atoms with Crippen LogP contribution in [-0.2, 0) is 51.6 Å². The molecule has 0 spiro atoms. The Morgan fingerprint density at radius 3 is 1.63 bits per heavy atom. The maximum absolute atomic E-state index is 13.3. The van der Waals surface area contributed by atoms with Gasteiger partial charge in [0, 0.05) is 87.7 Å². The number of nitrogens with one attached hydrogen (secondary N) is 1. The van der Waals surface area contributed by atoms with Crippen LogP contribution in [0.2, 0.25) is 20.1 Å². The summed E-state index contributed by atoms with van der Waals surface area (Å²) in [5, 5.41) is 10.5. The van der Waals surface area contributed by atoms with Crippen LogP contribution >= 0.6 is 62.3 Å². The summed E-state index contributed by atoms with van der Waals surface area (Å²) in [4.78, 5) is 31.8. The van der Waals surface area contributed by atoms with Gasteiger partial charge in [-0.1, -0.05) is 62.3 Å². The van der Waals surface area contributed by atoms with E-state index in [-0.39, 0.29) is 42.3 Å². The second-order valence-corrected chi connectivity index (χ2v) is 16.6. The first-order valence-electron chi connectivity index (χ1n) is 19.8. The van der Waals surface area contributed by atoms with Gasteiger partial charge in [-0.3, -0.25) is 19.0 Å². The molecule has 0 aliphatic carbocycles. The van der Waals surface area contributed by atoms with E-state index in [1.54, 1.807) is 44.0 Å². The van der Waals surface area contributed by atoms with Gasteiger partial charge in [0.2, 0.25) is 5.91 Å². The lowest BCUT2D eigenvalue weighted by Gasteiger charge is -2.36. The van der Waals surface area contributed by atoms with Gasteiger partial charge in [0.15, 0.2) is 11.4 Å². The number of benzene rings is 2. The van der Waals surface area contributed by atoms with Crippen LogP contribution in [0.15, 0.2) is 36.4 Å². The molecular weight excluding hydrogens is 1020 g/mol. The molecule has 2 aliphatic heterocycles. The van der Waals surface area contributed by atoms with E-state index in [2.05, 4.69) is 46.0 Å². The highest BCUT2D eigenvalue weighted by molar-refractivity contribution is 9.08. The number of esters is 1. The van der Waals surface area contributed by atoms with Crippen molar-refractivity contribution in [1.29, 1.82) is 0 Å². The van der Waals surface area contributed by atoms with Crippen molar-refractivity contribution in [1.82, 2.24) is 34.7 Å². The molecule has 0 bridgehead atoms. The van der Waals surface area contributed by atoms with Crippen LogP contribution in [0.1, 0.15) is 29.7 Å². The summed E-state index contributed by atoms with van der Waals surface area (Å²) in [6.45, 7) is 7.25. The summed E-state index contributed by atoms with van der Waals surface area (Å²) < 4.78 is 94.5. The second-order valence-electron chi connectivity index (χ2n) is 14.4. The Labute approximate surface area is 400 Å². The highest BCUT2D eigenvalue weighted by Crippen LogP contribution is 2.38. The number of rotatable bonds is 12. The lowest BCUT2D eigenvalue weighted by molar-refractivity contribution is -0.146. The Hall–Kier alpha value is -3.86. The van der Waals surface area contributed by atoms with E-state index in [0.29, 0.717) is 42.0 Å². The lowest BCUT2D eigenvalue weighted by atomic mass is 10.2. The molecule has 25 heteroatoms. The Morgan fingerprint density at radius 2 is 1.20 bits per heavy atom. The zero-order valence-electron chi connectivity index (χ0n) is 35.9. The maximum Gasteiger partial charge on any atom is 0.436 e. The average molecular weight is 1070 g/mol. The van der Waals surface area contributed by atoms with Crippen molar-refractivity contribution < 1.29 is 50.1 Å². The summed E-state index contributed by atoms with van der Waals surface area (Å²) in [7, 11) is 6.59. The molecule has 2 aromatic carbocycles. The van der Waals surface area contributed by atoms with Crippen LogP contribution in [0.25, 0.3) is 0 Å². The number of aromatic nitrogens is 4. The van der Waals surface area contributed by atoms with Gasteiger partial charge >= 0.3 is 18.3 Å². The summed E-state index contributed by atoms with van der Waals surface area (Å²) >= 11 is 26.6. The summed E-state index contributed by atoms with van der Waals surface area (Å²) in [5.41, 5.74) is -0.0486. The molecule has 360 valence electrons. The zero-order valence-corrected chi connectivity index (χ0v) is 40.5. The molecule has 4 heterocycles. The second kappa shape index (κ2) is 24.2. The number of carbonyl (C=O) groups is 2. The average Bonchev–Trinajstić information content (AvgIpc) is 3.75. The fourth-order valence-electron chi connectivity index (χ4n) is 6.54. The standard InChI is InChI=1S/C20H24Cl2F3N5O2.C11H15ClN2O.C9H9BrClF3N2O2/c1-27(2)11-15-18(22)19(20(23,24)25)26-30(15)12-17(31)29-8-6-28(7-9-29)13-4-5-14(21)16(10-13)32-3;1-15-11-8-9(2-3-10(11)12)14-6-4-13-5-7-14;1-2-18-6(17)4-16-5(3-10)7(11)8(15-16)9(12,13)14/h4-5,10H,6-9,11-12H2,1-3H3;2-3,8,13H,4-7H2,1H3;2-4H2,1H3. The topological polar surface area (TPSA) is 122 Å². The summed E-state index contributed by atoms with van der Waals surface area (Å²) in [5.74, 6) is 0.318. The van der Waals surface area contributed by atoms with Gasteiger partial charge < -0.3 is 39.1 Å². The van der Waals surface area contributed by atoms with Crippen LogP contribution in [0, 0.1) is 0 Å². The van der Waals surface area contributed by atoms with E-state index in [1.165, 1.54) is 12.8 Å². The van der Waals surface area contributed by atoms with Crippen LogP contribution in [0.5, 0.6) is 11.5 Å². The van der Waals surface area contributed by atoms with Gasteiger partial charge in [-0.15, -0.1) is 0 Å². The van der Waals surface area contributed by atoms with Crippen molar-refractivity contribution in [3.05, 3.63) is 79.3 Å². The molecule has 2 fully saturated rings. The highest BCUT2D eigenvalue weighted by atomic mass is 79.9. The third-order valence-corrected chi connectivity index (χ3v) is 11.7. The molecule has 2 aliphatic rings. The molecule has 6 rings (SSSR count). The van der Waals surface area contributed by atoms with Gasteiger partial charge in [-0.05, 0) is 45.3 Å². The van der Waals surface area contributed by atoms with E-state index < -0.39 is 46.3 Å². The predicted molar refractivity (Wildman–Crippen MR) is 241 cm³/mol. The van der Waals surface area contributed by atoms with E-state index in [4.69, 9.17) is 55.9 Å². The van der Waals surface area contributed by atoms with E-state index in [0.717, 1.165) is 47.0 Å². The molecule has 0 radical (unpaired) electrons. The third-order valence-electron chi connectivity index (χ3n) is 9.73. The normalized spacial score (nSPS) is 14.4. The molecule has 65 heavy (non-hydrogen) atoms. The largest absolute Gasteiger partial charge is 0.495 e. The van der Waals surface area contributed by atoms with Crippen LogP contribution < -0.4 is 24.6 Å². The minimum absolute atomic E-state index is 0.0499. The van der Waals surface area contributed by atoms with Crippen molar-refractivity contribution in [2.75, 3.05) is 97.1 Å².